The van der Waals surface area contributed by atoms with Gasteiger partial charge in [-0.05, 0) is 37.7 Å². The van der Waals surface area contributed by atoms with Crippen LogP contribution in [-0.4, -0.2) is 34.8 Å². The molecular formula is C24H27FN4O2. The summed E-state index contributed by atoms with van der Waals surface area (Å²) >= 11 is 0. The molecule has 0 bridgehead atoms. The molecule has 6 nitrogen and oxygen atoms in total. The smallest absolute Gasteiger partial charge is 0.237 e. The van der Waals surface area contributed by atoms with E-state index in [0.29, 0.717) is 17.9 Å². The Morgan fingerprint density at radius 3 is 2.32 bits per heavy atom. The highest BCUT2D eigenvalue weighted by Crippen LogP contribution is 2.38. The van der Waals surface area contributed by atoms with E-state index in [1.165, 1.54) is 11.0 Å². The van der Waals surface area contributed by atoms with Crippen molar-refractivity contribution in [1.82, 2.24) is 15.5 Å². The fourth-order valence-corrected chi connectivity index (χ4v) is 5.57. The van der Waals surface area contributed by atoms with Gasteiger partial charge in [0.25, 0.3) is 0 Å². The monoisotopic (exact) mass is 422 g/mol. The molecule has 3 fully saturated rings. The number of fused-ring (bicyclic) bond motifs is 1. The summed E-state index contributed by atoms with van der Waals surface area (Å²) < 4.78 is 14.9. The largest absolute Gasteiger partial charge is 0.365 e. The normalized spacial score (nSPS) is 35.3. The van der Waals surface area contributed by atoms with Gasteiger partial charge in [0.2, 0.25) is 11.8 Å². The second-order valence-corrected chi connectivity index (χ2v) is 9.22. The molecule has 5 rings (SSSR count). The first kappa shape index (κ1) is 20.0. The van der Waals surface area contributed by atoms with Gasteiger partial charge in [0.15, 0.2) is 5.83 Å². The standard InChI is InChI=1S/C24H27FN4O2/c25-18-12-15(13-26)21(14-6-5-7-14)28-22(18)27-19-10-3-4-11-20(19)29-23(30)16-8-1-2-9-17(16)24(29)31/h1-2,8-9,12,14,16-17,19-21,27-28H,3-7,10-11H2. The second kappa shape index (κ2) is 7.99. The molecule has 7 heteroatoms. The highest BCUT2D eigenvalue weighted by atomic mass is 19.1. The van der Waals surface area contributed by atoms with Gasteiger partial charge in [-0.3, -0.25) is 14.5 Å². The number of amides is 2. The van der Waals surface area contributed by atoms with Gasteiger partial charge in [-0.15, -0.1) is 0 Å². The van der Waals surface area contributed by atoms with Gasteiger partial charge in [-0.2, -0.15) is 5.26 Å². The molecule has 162 valence electrons. The Kier molecular flexibility index (Phi) is 5.17. The molecule has 2 saturated carbocycles. The molecule has 2 aliphatic heterocycles. The van der Waals surface area contributed by atoms with Gasteiger partial charge in [-0.1, -0.05) is 43.6 Å². The molecule has 3 aliphatic carbocycles. The third-order valence-electron chi connectivity index (χ3n) is 7.48. The summed E-state index contributed by atoms with van der Waals surface area (Å²) in [6.07, 6.45) is 15.1. The van der Waals surface area contributed by atoms with Crippen LogP contribution in [0.1, 0.15) is 44.9 Å². The summed E-state index contributed by atoms with van der Waals surface area (Å²) in [4.78, 5) is 27.6. The first-order valence-electron chi connectivity index (χ1n) is 11.3. The Morgan fingerprint density at radius 2 is 1.71 bits per heavy atom. The molecule has 5 atom stereocenters. The molecule has 2 N–H and O–H groups in total. The number of dihydropyridines is 1. The fraction of sp³-hybridized carbons (Fsp3) is 0.542. The van der Waals surface area contributed by atoms with Gasteiger partial charge in [0, 0.05) is 6.04 Å². The molecule has 0 aromatic heterocycles. The van der Waals surface area contributed by atoms with Crippen LogP contribution in [0.25, 0.3) is 0 Å². The zero-order valence-electron chi connectivity index (χ0n) is 17.4. The van der Waals surface area contributed by atoms with E-state index in [9.17, 15) is 19.2 Å². The molecule has 2 heterocycles. The van der Waals surface area contributed by atoms with Crippen molar-refractivity contribution in [3.05, 3.63) is 47.6 Å². The van der Waals surface area contributed by atoms with Crippen LogP contribution in [0.2, 0.25) is 0 Å². The number of nitrogens with zero attached hydrogens (tertiary/aromatic N) is 2. The van der Waals surface area contributed by atoms with Gasteiger partial charge < -0.3 is 10.6 Å². The predicted octanol–water partition coefficient (Wildman–Crippen LogP) is 2.97. The maximum atomic E-state index is 14.9. The van der Waals surface area contributed by atoms with Gasteiger partial charge in [0.05, 0.1) is 35.6 Å². The summed E-state index contributed by atoms with van der Waals surface area (Å²) in [7, 11) is 0. The summed E-state index contributed by atoms with van der Waals surface area (Å²) in [5.41, 5.74) is 0.431. The highest BCUT2D eigenvalue weighted by Gasteiger charge is 2.50. The minimum atomic E-state index is -0.491. The molecular weight excluding hydrogens is 395 g/mol. The van der Waals surface area contributed by atoms with E-state index in [-0.39, 0.29) is 35.8 Å². The van der Waals surface area contributed by atoms with Crippen molar-refractivity contribution in [3.63, 3.8) is 0 Å². The van der Waals surface area contributed by atoms with Crippen molar-refractivity contribution in [2.24, 2.45) is 17.8 Å². The zero-order chi connectivity index (χ0) is 21.5. The van der Waals surface area contributed by atoms with E-state index in [2.05, 4.69) is 16.7 Å². The number of rotatable bonds is 4. The number of nitrogens with one attached hydrogen (secondary N) is 2. The van der Waals surface area contributed by atoms with Gasteiger partial charge in [0.1, 0.15) is 5.82 Å². The van der Waals surface area contributed by atoms with Gasteiger partial charge in [-0.25, -0.2) is 4.39 Å². The minimum absolute atomic E-state index is 0.153. The van der Waals surface area contributed by atoms with Crippen LogP contribution in [0, 0.1) is 29.1 Å². The van der Waals surface area contributed by atoms with Crippen LogP contribution < -0.4 is 10.6 Å². The first-order chi connectivity index (χ1) is 15.1. The number of nitriles is 1. The molecule has 0 radical (unpaired) electrons. The number of halogens is 1. The summed E-state index contributed by atoms with van der Waals surface area (Å²) in [6.45, 7) is 0. The van der Waals surface area contributed by atoms with Crippen LogP contribution in [0.5, 0.6) is 0 Å². The van der Waals surface area contributed by atoms with Crippen molar-refractivity contribution in [2.45, 2.75) is 63.1 Å². The summed E-state index contributed by atoms with van der Waals surface area (Å²) in [6, 6.07) is 1.43. The Balaban J connectivity index is 1.38. The third-order valence-corrected chi connectivity index (χ3v) is 7.48. The number of hydrogen-bond donors (Lipinski definition) is 2. The van der Waals surface area contributed by atoms with Crippen molar-refractivity contribution < 1.29 is 14.0 Å². The second-order valence-electron chi connectivity index (χ2n) is 9.22. The quantitative estimate of drug-likeness (QED) is 0.681. The highest BCUT2D eigenvalue weighted by molar-refractivity contribution is 6.07. The van der Waals surface area contributed by atoms with Crippen LogP contribution in [0.4, 0.5) is 4.39 Å². The van der Waals surface area contributed by atoms with Crippen LogP contribution in [0.3, 0.4) is 0 Å². The van der Waals surface area contributed by atoms with Crippen molar-refractivity contribution in [1.29, 1.82) is 5.26 Å². The van der Waals surface area contributed by atoms with Crippen molar-refractivity contribution in [2.75, 3.05) is 0 Å². The molecule has 0 spiro atoms. The van der Waals surface area contributed by atoms with E-state index in [1.807, 2.05) is 12.2 Å². The lowest BCUT2D eigenvalue weighted by Crippen LogP contribution is -2.56. The average Bonchev–Trinajstić information content (AvgIpc) is 3.00. The maximum absolute atomic E-state index is 14.9. The SMILES string of the molecule is N#CC1=CC(F)=C(NC2CCCCC2N2C(=O)C3C=CC=CC3C2=O)NC1C1CCC1. The van der Waals surface area contributed by atoms with Crippen molar-refractivity contribution >= 4 is 11.8 Å². The minimum Gasteiger partial charge on any atom is -0.365 e. The molecule has 31 heavy (non-hydrogen) atoms. The molecule has 5 unspecified atom stereocenters. The summed E-state index contributed by atoms with van der Waals surface area (Å²) in [5, 5.41) is 16.0. The topological polar surface area (TPSA) is 85.2 Å². The van der Waals surface area contributed by atoms with E-state index in [0.717, 1.165) is 38.5 Å². The molecule has 1 saturated heterocycles. The number of imide groups is 1. The molecule has 5 aliphatic rings. The van der Waals surface area contributed by atoms with E-state index in [1.54, 1.807) is 12.2 Å². The number of carbonyl (C=O) groups is 2. The number of carbonyl (C=O) groups excluding carboxylic acids is 2. The Bertz CT molecular complexity index is 925. The Hall–Kier alpha value is -2.88. The number of likely N-dealkylation sites (tertiary alicyclic amines) is 1. The average molecular weight is 423 g/mol. The third kappa shape index (κ3) is 3.38. The van der Waals surface area contributed by atoms with Gasteiger partial charge >= 0.3 is 0 Å². The lowest BCUT2D eigenvalue weighted by molar-refractivity contribution is -0.143. The van der Waals surface area contributed by atoms with Crippen LogP contribution in [0.15, 0.2) is 47.6 Å². The zero-order valence-corrected chi connectivity index (χ0v) is 17.4. The first-order valence-corrected chi connectivity index (χ1v) is 11.3. The lowest BCUT2D eigenvalue weighted by Gasteiger charge is -2.41. The molecule has 0 aromatic rings. The Labute approximate surface area is 181 Å². The fourth-order valence-electron chi connectivity index (χ4n) is 5.57. The lowest BCUT2D eigenvalue weighted by atomic mass is 9.76. The maximum Gasteiger partial charge on any atom is 0.237 e. The Morgan fingerprint density at radius 1 is 1.03 bits per heavy atom. The van der Waals surface area contributed by atoms with Crippen molar-refractivity contribution in [3.8, 4) is 6.07 Å². The molecule has 2 amide bonds. The van der Waals surface area contributed by atoms with E-state index >= 15 is 0 Å². The predicted molar refractivity (Wildman–Crippen MR) is 112 cm³/mol. The molecule has 0 aromatic carbocycles. The number of hydrogen-bond acceptors (Lipinski definition) is 5. The van der Waals surface area contributed by atoms with Crippen LogP contribution >= 0.6 is 0 Å². The van der Waals surface area contributed by atoms with Crippen LogP contribution in [-0.2, 0) is 9.59 Å². The summed E-state index contributed by atoms with van der Waals surface area (Å²) in [5.74, 6) is -1.03. The number of allylic oxidation sites excluding steroid dienone is 4. The van der Waals surface area contributed by atoms with E-state index < -0.39 is 17.7 Å². The van der Waals surface area contributed by atoms with E-state index in [4.69, 9.17) is 0 Å².